The summed E-state index contributed by atoms with van der Waals surface area (Å²) in [5, 5.41) is 13.6. The highest BCUT2D eigenvalue weighted by molar-refractivity contribution is 5.39. The van der Waals surface area contributed by atoms with E-state index in [4.69, 9.17) is 9.26 Å². The molecule has 0 unspecified atom stereocenters. The number of rotatable bonds is 5. The van der Waals surface area contributed by atoms with Crippen LogP contribution in [-0.4, -0.2) is 15.2 Å². The van der Waals surface area contributed by atoms with Crippen molar-refractivity contribution < 1.29 is 14.4 Å². The maximum Gasteiger partial charge on any atom is 0.264 e. The molecule has 5 nitrogen and oxygen atoms in total. The van der Waals surface area contributed by atoms with Gasteiger partial charge in [0.1, 0.15) is 5.75 Å². The van der Waals surface area contributed by atoms with Gasteiger partial charge in [-0.2, -0.15) is 4.98 Å². The molecule has 0 saturated heterocycles. The van der Waals surface area contributed by atoms with E-state index in [0.717, 1.165) is 48.4 Å². The predicted molar refractivity (Wildman–Crippen MR) is 72.3 cm³/mol. The zero-order chi connectivity index (χ0) is 13.9. The molecule has 1 aliphatic carbocycles. The Morgan fingerprint density at radius 3 is 3.20 bits per heavy atom. The Hall–Kier alpha value is -1.88. The molecular weight excluding hydrogens is 256 g/mol. The van der Waals surface area contributed by atoms with Crippen molar-refractivity contribution in [3.63, 3.8) is 0 Å². The highest BCUT2D eigenvalue weighted by atomic mass is 16.5. The van der Waals surface area contributed by atoms with Crippen LogP contribution in [0, 0.1) is 0 Å². The molecule has 0 aliphatic heterocycles. The standard InChI is InChI=1S/C15H18N2O3/c1-2-3-14-16-15(20-17-14)9-19-11-5-6-12-10(8-11)4-7-13(12)18/h5-6,8,13,18H,2-4,7,9H2,1H3/t13-/m1/s1. The molecule has 0 spiro atoms. The third-order valence-corrected chi connectivity index (χ3v) is 3.51. The number of aliphatic hydroxyl groups excluding tert-OH is 1. The van der Waals surface area contributed by atoms with Crippen LogP contribution in [0.5, 0.6) is 5.75 Å². The molecule has 106 valence electrons. The molecule has 1 aromatic carbocycles. The summed E-state index contributed by atoms with van der Waals surface area (Å²) in [6.45, 7) is 2.35. The lowest BCUT2D eigenvalue weighted by molar-refractivity contribution is 0.180. The van der Waals surface area contributed by atoms with Gasteiger partial charge in [-0.25, -0.2) is 0 Å². The molecule has 0 amide bonds. The second-order valence-corrected chi connectivity index (χ2v) is 5.06. The van der Waals surface area contributed by atoms with E-state index in [0.29, 0.717) is 5.89 Å². The second-order valence-electron chi connectivity index (χ2n) is 5.06. The summed E-state index contributed by atoms with van der Waals surface area (Å²) < 4.78 is 10.8. The molecule has 1 aromatic heterocycles. The number of aryl methyl sites for hydroxylation is 2. The van der Waals surface area contributed by atoms with E-state index < -0.39 is 0 Å². The Balaban J connectivity index is 1.63. The number of aromatic nitrogens is 2. The summed E-state index contributed by atoms with van der Waals surface area (Å²) in [5.74, 6) is 1.99. The van der Waals surface area contributed by atoms with E-state index in [2.05, 4.69) is 17.1 Å². The molecule has 1 atom stereocenters. The molecule has 0 saturated carbocycles. The lowest BCUT2D eigenvalue weighted by Crippen LogP contribution is -1.97. The Bertz CT molecular complexity index is 595. The van der Waals surface area contributed by atoms with Crippen molar-refractivity contribution in [2.24, 2.45) is 0 Å². The van der Waals surface area contributed by atoms with Gasteiger partial charge in [0.05, 0.1) is 6.10 Å². The summed E-state index contributed by atoms with van der Waals surface area (Å²) >= 11 is 0. The first-order chi connectivity index (χ1) is 9.76. The van der Waals surface area contributed by atoms with Gasteiger partial charge < -0.3 is 14.4 Å². The van der Waals surface area contributed by atoms with Crippen LogP contribution in [-0.2, 0) is 19.4 Å². The molecule has 0 radical (unpaired) electrons. The fraction of sp³-hybridized carbons (Fsp3) is 0.467. The van der Waals surface area contributed by atoms with Crippen molar-refractivity contribution >= 4 is 0 Å². The minimum atomic E-state index is -0.327. The minimum Gasteiger partial charge on any atom is -0.484 e. The van der Waals surface area contributed by atoms with Crippen LogP contribution in [0.25, 0.3) is 0 Å². The zero-order valence-corrected chi connectivity index (χ0v) is 11.5. The first kappa shape index (κ1) is 13.1. The average molecular weight is 274 g/mol. The molecule has 0 fully saturated rings. The van der Waals surface area contributed by atoms with Crippen molar-refractivity contribution in [3.8, 4) is 5.75 Å². The number of aliphatic hydroxyl groups is 1. The van der Waals surface area contributed by atoms with Crippen molar-refractivity contribution in [2.45, 2.75) is 45.3 Å². The quantitative estimate of drug-likeness (QED) is 0.907. The van der Waals surface area contributed by atoms with Gasteiger partial charge in [0.25, 0.3) is 5.89 Å². The number of ether oxygens (including phenoxy) is 1. The van der Waals surface area contributed by atoms with E-state index in [1.807, 2.05) is 18.2 Å². The van der Waals surface area contributed by atoms with Crippen molar-refractivity contribution in [1.29, 1.82) is 0 Å². The molecule has 1 aliphatic rings. The van der Waals surface area contributed by atoms with Gasteiger partial charge in [0.2, 0.25) is 0 Å². The summed E-state index contributed by atoms with van der Waals surface area (Å²) in [5.41, 5.74) is 2.17. The Morgan fingerprint density at radius 1 is 1.45 bits per heavy atom. The fourth-order valence-corrected chi connectivity index (χ4v) is 2.48. The lowest BCUT2D eigenvalue weighted by atomic mass is 10.1. The van der Waals surface area contributed by atoms with Crippen LogP contribution in [0.2, 0.25) is 0 Å². The summed E-state index contributed by atoms with van der Waals surface area (Å²) in [6, 6.07) is 5.78. The normalized spacial score (nSPS) is 17.2. The number of hydrogen-bond acceptors (Lipinski definition) is 5. The van der Waals surface area contributed by atoms with E-state index in [9.17, 15) is 5.11 Å². The summed E-state index contributed by atoms with van der Waals surface area (Å²) in [4.78, 5) is 4.26. The van der Waals surface area contributed by atoms with E-state index in [-0.39, 0.29) is 12.7 Å². The molecular formula is C15H18N2O3. The fourth-order valence-electron chi connectivity index (χ4n) is 2.48. The van der Waals surface area contributed by atoms with Gasteiger partial charge in [0.15, 0.2) is 12.4 Å². The van der Waals surface area contributed by atoms with Crippen LogP contribution in [0.1, 0.15) is 48.7 Å². The predicted octanol–water partition coefficient (Wildman–Crippen LogP) is 2.58. The lowest BCUT2D eigenvalue weighted by Gasteiger charge is -2.07. The highest BCUT2D eigenvalue weighted by Crippen LogP contribution is 2.33. The summed E-state index contributed by atoms with van der Waals surface area (Å²) in [6.07, 6.45) is 3.18. The summed E-state index contributed by atoms with van der Waals surface area (Å²) in [7, 11) is 0. The first-order valence-electron chi connectivity index (χ1n) is 7.01. The third kappa shape index (κ3) is 2.67. The molecule has 1 N–H and O–H groups in total. The maximum absolute atomic E-state index is 9.76. The third-order valence-electron chi connectivity index (χ3n) is 3.51. The monoisotopic (exact) mass is 274 g/mol. The Labute approximate surface area is 117 Å². The van der Waals surface area contributed by atoms with E-state index in [1.54, 1.807) is 0 Å². The van der Waals surface area contributed by atoms with E-state index >= 15 is 0 Å². The molecule has 0 bridgehead atoms. The van der Waals surface area contributed by atoms with E-state index in [1.165, 1.54) is 0 Å². The van der Waals surface area contributed by atoms with Gasteiger partial charge in [-0.1, -0.05) is 18.1 Å². The van der Waals surface area contributed by atoms with Crippen LogP contribution in [0.3, 0.4) is 0 Å². The van der Waals surface area contributed by atoms with Gasteiger partial charge in [-0.15, -0.1) is 0 Å². The number of fused-ring (bicyclic) bond motifs is 1. The maximum atomic E-state index is 9.76. The molecule has 1 heterocycles. The highest BCUT2D eigenvalue weighted by Gasteiger charge is 2.20. The molecule has 3 rings (SSSR count). The van der Waals surface area contributed by atoms with Crippen molar-refractivity contribution in [2.75, 3.05) is 0 Å². The van der Waals surface area contributed by atoms with Crippen molar-refractivity contribution in [3.05, 3.63) is 41.0 Å². The molecule has 2 aromatic rings. The van der Waals surface area contributed by atoms with Crippen LogP contribution in [0.15, 0.2) is 22.7 Å². The van der Waals surface area contributed by atoms with Crippen LogP contribution >= 0.6 is 0 Å². The number of hydrogen-bond donors (Lipinski definition) is 1. The SMILES string of the molecule is CCCc1noc(COc2ccc3c(c2)CC[C@H]3O)n1. The molecule has 5 heteroatoms. The smallest absolute Gasteiger partial charge is 0.264 e. The minimum absolute atomic E-state index is 0.276. The number of nitrogens with zero attached hydrogens (tertiary/aromatic N) is 2. The largest absolute Gasteiger partial charge is 0.484 e. The zero-order valence-electron chi connectivity index (χ0n) is 11.5. The Kier molecular flexibility index (Phi) is 3.69. The van der Waals surface area contributed by atoms with Crippen molar-refractivity contribution in [1.82, 2.24) is 10.1 Å². The number of benzene rings is 1. The molecule has 20 heavy (non-hydrogen) atoms. The van der Waals surface area contributed by atoms with Crippen LogP contribution in [0.4, 0.5) is 0 Å². The van der Waals surface area contributed by atoms with Gasteiger partial charge in [-0.05, 0) is 42.5 Å². The first-order valence-corrected chi connectivity index (χ1v) is 7.01. The van der Waals surface area contributed by atoms with Crippen LogP contribution < -0.4 is 4.74 Å². The second kappa shape index (κ2) is 5.63. The van der Waals surface area contributed by atoms with Gasteiger partial charge in [-0.3, -0.25) is 0 Å². The Morgan fingerprint density at radius 2 is 2.35 bits per heavy atom. The van der Waals surface area contributed by atoms with Gasteiger partial charge >= 0.3 is 0 Å². The van der Waals surface area contributed by atoms with Gasteiger partial charge in [0, 0.05) is 6.42 Å². The average Bonchev–Trinajstić information content (AvgIpc) is 3.04. The topological polar surface area (TPSA) is 68.4 Å².